The molecule has 1 heterocycles. The molecule has 1 saturated carbocycles. The van der Waals surface area contributed by atoms with Gasteiger partial charge >= 0.3 is 0 Å². The zero-order chi connectivity index (χ0) is 16.7. The molecule has 2 aromatic carbocycles. The van der Waals surface area contributed by atoms with Crippen LogP contribution < -0.4 is 4.90 Å². The number of para-hydroxylation sites is 2. The molecule has 1 aliphatic carbocycles. The Kier molecular flexibility index (Phi) is 3.85. The van der Waals surface area contributed by atoms with E-state index in [1.54, 1.807) is 11.0 Å². The number of hydrogen-bond donors (Lipinski definition) is 0. The smallest absolute Gasteiger partial charge is 0.236 e. The van der Waals surface area contributed by atoms with Gasteiger partial charge in [-0.2, -0.15) is 0 Å². The third-order valence-electron chi connectivity index (χ3n) is 4.67. The Morgan fingerprint density at radius 3 is 2.92 bits per heavy atom. The monoisotopic (exact) mass is 342 g/mol. The van der Waals surface area contributed by atoms with E-state index in [0.717, 1.165) is 41.9 Å². The number of halogens is 2. The van der Waals surface area contributed by atoms with Crippen LogP contribution in [-0.2, 0) is 11.3 Å². The summed E-state index contributed by atoms with van der Waals surface area (Å²) in [6, 6.07) is 11.9. The van der Waals surface area contributed by atoms with Crippen LogP contribution in [0, 0.1) is 11.7 Å². The molecule has 1 aliphatic heterocycles. The summed E-state index contributed by atoms with van der Waals surface area (Å²) in [6.07, 6.45) is 2.69. The number of benzene rings is 2. The molecule has 24 heavy (non-hydrogen) atoms. The Morgan fingerprint density at radius 1 is 1.25 bits per heavy atom. The zero-order valence-electron chi connectivity index (χ0n) is 13.0. The van der Waals surface area contributed by atoms with E-state index < -0.39 is 0 Å². The third kappa shape index (κ3) is 2.61. The maximum Gasteiger partial charge on any atom is 0.236 e. The molecule has 122 valence electrons. The minimum Gasteiger partial charge on any atom is -0.305 e. The lowest BCUT2D eigenvalue weighted by Crippen LogP contribution is -2.36. The second-order valence-corrected chi connectivity index (χ2v) is 6.60. The number of fused-ring (bicyclic) bond motifs is 2. The summed E-state index contributed by atoms with van der Waals surface area (Å²) >= 11 is 6.17. The summed E-state index contributed by atoms with van der Waals surface area (Å²) in [6.45, 7) is 0.314. The second kappa shape index (κ2) is 6.02. The predicted octanol–water partition coefficient (Wildman–Crippen LogP) is 4.90. The van der Waals surface area contributed by atoms with Gasteiger partial charge in [0.1, 0.15) is 5.82 Å². The van der Waals surface area contributed by atoms with Crippen LogP contribution in [0.5, 0.6) is 0 Å². The first-order valence-corrected chi connectivity index (χ1v) is 8.43. The van der Waals surface area contributed by atoms with Gasteiger partial charge in [-0.05, 0) is 49.1 Å². The fraction of sp³-hybridized carbons (Fsp3) is 0.263. The molecule has 2 aromatic rings. The van der Waals surface area contributed by atoms with Crippen LogP contribution in [0.1, 0.15) is 24.8 Å². The highest BCUT2D eigenvalue weighted by Crippen LogP contribution is 2.39. The number of carbonyl (C=O) groups is 1. The number of aliphatic imine (C=N–C) groups is 1. The van der Waals surface area contributed by atoms with Crippen LogP contribution in [-0.4, -0.2) is 11.6 Å². The minimum atomic E-state index is -0.382. The standard InChI is InChI=1S/C19H16ClFN2O/c20-15-10-13(21)9-8-12(15)11-23-18-7-2-1-5-17(18)22-16-6-3-4-14(16)19(23)24/h1-2,5,7-10,14H,3-4,6,11H2/t14-/m0/s1. The zero-order valence-corrected chi connectivity index (χ0v) is 13.8. The average molecular weight is 343 g/mol. The Balaban J connectivity index is 1.78. The van der Waals surface area contributed by atoms with Gasteiger partial charge in [-0.15, -0.1) is 0 Å². The molecule has 0 radical (unpaired) electrons. The van der Waals surface area contributed by atoms with Crippen LogP contribution in [0.2, 0.25) is 5.02 Å². The van der Waals surface area contributed by atoms with E-state index in [9.17, 15) is 9.18 Å². The molecule has 1 fully saturated rings. The lowest BCUT2D eigenvalue weighted by molar-refractivity contribution is -0.120. The van der Waals surface area contributed by atoms with E-state index in [1.807, 2.05) is 24.3 Å². The van der Waals surface area contributed by atoms with Crippen LogP contribution in [0.15, 0.2) is 47.5 Å². The van der Waals surface area contributed by atoms with Crippen molar-refractivity contribution in [2.45, 2.75) is 25.8 Å². The summed E-state index contributed by atoms with van der Waals surface area (Å²) in [5, 5.41) is 0.331. The summed E-state index contributed by atoms with van der Waals surface area (Å²) in [7, 11) is 0. The van der Waals surface area contributed by atoms with E-state index >= 15 is 0 Å². The first-order chi connectivity index (χ1) is 11.6. The minimum absolute atomic E-state index is 0.0524. The van der Waals surface area contributed by atoms with Crippen LogP contribution in [0.25, 0.3) is 0 Å². The molecule has 3 nitrogen and oxygen atoms in total. The number of hydrogen-bond acceptors (Lipinski definition) is 2. The molecular weight excluding hydrogens is 327 g/mol. The highest BCUT2D eigenvalue weighted by atomic mass is 35.5. The van der Waals surface area contributed by atoms with Gasteiger partial charge < -0.3 is 4.90 Å². The predicted molar refractivity (Wildman–Crippen MR) is 93.5 cm³/mol. The van der Waals surface area contributed by atoms with Crippen molar-refractivity contribution in [3.8, 4) is 0 Å². The summed E-state index contributed by atoms with van der Waals surface area (Å²) in [4.78, 5) is 19.6. The number of carbonyl (C=O) groups excluding carboxylic acids is 1. The van der Waals surface area contributed by atoms with Crippen molar-refractivity contribution in [3.05, 3.63) is 58.9 Å². The molecule has 0 spiro atoms. The van der Waals surface area contributed by atoms with Crippen molar-refractivity contribution >= 4 is 34.6 Å². The highest BCUT2D eigenvalue weighted by molar-refractivity contribution is 6.31. The Labute approximate surface area is 144 Å². The Bertz CT molecular complexity index is 849. The van der Waals surface area contributed by atoms with E-state index in [2.05, 4.69) is 0 Å². The van der Waals surface area contributed by atoms with Crippen molar-refractivity contribution in [3.63, 3.8) is 0 Å². The Morgan fingerprint density at radius 2 is 2.08 bits per heavy atom. The van der Waals surface area contributed by atoms with Crippen LogP contribution >= 0.6 is 11.6 Å². The van der Waals surface area contributed by atoms with E-state index in [1.165, 1.54) is 12.1 Å². The van der Waals surface area contributed by atoms with Gasteiger partial charge in [0.25, 0.3) is 0 Å². The van der Waals surface area contributed by atoms with Crippen molar-refractivity contribution in [2.75, 3.05) is 4.90 Å². The first kappa shape index (κ1) is 15.3. The van der Waals surface area contributed by atoms with Crippen molar-refractivity contribution < 1.29 is 9.18 Å². The first-order valence-electron chi connectivity index (χ1n) is 8.05. The Hall–Kier alpha value is -2.20. The maximum absolute atomic E-state index is 13.3. The van der Waals surface area contributed by atoms with Gasteiger partial charge in [-0.3, -0.25) is 9.79 Å². The fourth-order valence-electron chi connectivity index (χ4n) is 3.46. The number of amides is 1. The lowest BCUT2D eigenvalue weighted by atomic mass is 10.0. The van der Waals surface area contributed by atoms with Crippen molar-refractivity contribution in [1.29, 1.82) is 0 Å². The SMILES string of the molecule is O=C1[C@H]2CCCC2=Nc2ccccc2N1Cc1ccc(F)cc1Cl. The summed E-state index contributed by atoms with van der Waals surface area (Å²) < 4.78 is 13.3. The molecule has 0 saturated heterocycles. The van der Waals surface area contributed by atoms with E-state index in [-0.39, 0.29) is 17.6 Å². The van der Waals surface area contributed by atoms with Gasteiger partial charge in [-0.25, -0.2) is 4.39 Å². The lowest BCUT2D eigenvalue weighted by Gasteiger charge is -2.25. The molecule has 4 rings (SSSR count). The van der Waals surface area contributed by atoms with Gasteiger partial charge in [0, 0.05) is 10.7 Å². The third-order valence-corrected chi connectivity index (χ3v) is 5.02. The number of nitrogens with zero attached hydrogens (tertiary/aromatic N) is 2. The average Bonchev–Trinajstić information content (AvgIpc) is 2.99. The normalized spacial score (nSPS) is 19.6. The second-order valence-electron chi connectivity index (χ2n) is 6.20. The number of anilines is 1. The van der Waals surface area contributed by atoms with Crippen LogP contribution in [0.3, 0.4) is 0 Å². The molecule has 2 aliphatic rings. The number of rotatable bonds is 2. The van der Waals surface area contributed by atoms with Crippen molar-refractivity contribution in [2.24, 2.45) is 10.9 Å². The molecule has 1 amide bonds. The molecule has 5 heteroatoms. The van der Waals surface area contributed by atoms with Crippen LogP contribution in [0.4, 0.5) is 15.8 Å². The summed E-state index contributed by atoms with van der Waals surface area (Å²) in [5.41, 5.74) is 3.29. The quantitative estimate of drug-likeness (QED) is 0.764. The highest BCUT2D eigenvalue weighted by Gasteiger charge is 2.36. The largest absolute Gasteiger partial charge is 0.305 e. The van der Waals surface area contributed by atoms with Gasteiger partial charge in [-0.1, -0.05) is 29.8 Å². The van der Waals surface area contributed by atoms with E-state index in [0.29, 0.717) is 11.6 Å². The van der Waals surface area contributed by atoms with Gasteiger partial charge in [0.05, 0.1) is 23.8 Å². The molecule has 1 atom stereocenters. The molecule has 0 bridgehead atoms. The molecule has 0 aromatic heterocycles. The maximum atomic E-state index is 13.3. The van der Waals surface area contributed by atoms with Gasteiger partial charge in [0.15, 0.2) is 0 Å². The summed E-state index contributed by atoms with van der Waals surface area (Å²) in [5.74, 6) is -0.485. The topological polar surface area (TPSA) is 32.7 Å². The molecule has 0 unspecified atom stereocenters. The van der Waals surface area contributed by atoms with E-state index in [4.69, 9.17) is 16.6 Å². The van der Waals surface area contributed by atoms with Crippen molar-refractivity contribution in [1.82, 2.24) is 0 Å². The molecule has 0 N–H and O–H groups in total. The molecular formula is C19H16ClFN2O. The fourth-order valence-corrected chi connectivity index (χ4v) is 3.69. The van der Waals surface area contributed by atoms with Gasteiger partial charge in [0.2, 0.25) is 5.91 Å².